The molecule has 2 N–H and O–H groups in total. The number of phenolic OH excluding ortho intramolecular Hbond substituents is 2. The first-order chi connectivity index (χ1) is 10.8. The summed E-state index contributed by atoms with van der Waals surface area (Å²) >= 11 is 0. The Bertz CT molecular complexity index is 762. The van der Waals surface area contributed by atoms with Crippen molar-refractivity contribution in [3.05, 3.63) is 58.7 Å². The van der Waals surface area contributed by atoms with Crippen LogP contribution in [0.3, 0.4) is 0 Å². The van der Waals surface area contributed by atoms with Crippen molar-refractivity contribution >= 4 is 5.91 Å². The third-order valence-electron chi connectivity index (χ3n) is 3.78. The van der Waals surface area contributed by atoms with Gasteiger partial charge in [-0.05, 0) is 17.2 Å². The first-order valence-electron chi connectivity index (χ1n) is 6.76. The Hall–Kier alpha value is -2.70. The van der Waals surface area contributed by atoms with E-state index in [0.29, 0.717) is 12.1 Å². The fraction of sp³-hybridized carbons (Fsp3) is 0.188. The monoisotopic (exact) mass is 323 g/mol. The Morgan fingerprint density at radius 2 is 1.57 bits per heavy atom. The fourth-order valence-corrected chi connectivity index (χ4v) is 2.62. The molecule has 0 radical (unpaired) electrons. The Balaban J connectivity index is 1.95. The first kappa shape index (κ1) is 15.2. The standard InChI is InChI=1S/C16H12F3NO3/c17-16(18,19)12-5-11(13(21)6-14(12)22)15(23)20-7-9-3-1-2-4-10(9)8-20/h1-6,21-22H,7-8H2. The van der Waals surface area contributed by atoms with Gasteiger partial charge in [0.1, 0.15) is 11.5 Å². The molecule has 120 valence electrons. The van der Waals surface area contributed by atoms with Gasteiger partial charge in [-0.25, -0.2) is 0 Å². The molecule has 1 aliphatic rings. The van der Waals surface area contributed by atoms with Crippen molar-refractivity contribution in [3.63, 3.8) is 0 Å². The molecule has 0 saturated carbocycles. The van der Waals surface area contributed by atoms with Crippen LogP contribution in [0.2, 0.25) is 0 Å². The van der Waals surface area contributed by atoms with E-state index in [4.69, 9.17) is 0 Å². The van der Waals surface area contributed by atoms with E-state index in [9.17, 15) is 28.2 Å². The summed E-state index contributed by atoms with van der Waals surface area (Å²) in [6, 6.07) is 8.31. The van der Waals surface area contributed by atoms with Gasteiger partial charge in [-0.2, -0.15) is 13.2 Å². The molecule has 23 heavy (non-hydrogen) atoms. The van der Waals surface area contributed by atoms with E-state index in [1.807, 2.05) is 24.3 Å². The van der Waals surface area contributed by atoms with E-state index >= 15 is 0 Å². The van der Waals surface area contributed by atoms with Crippen LogP contribution in [0.5, 0.6) is 11.5 Å². The molecule has 1 amide bonds. The lowest BCUT2D eigenvalue weighted by Crippen LogP contribution is -2.25. The number of rotatable bonds is 1. The summed E-state index contributed by atoms with van der Waals surface area (Å²) in [6.07, 6.45) is -4.82. The number of aromatic hydroxyl groups is 2. The lowest BCUT2D eigenvalue weighted by atomic mass is 10.1. The van der Waals surface area contributed by atoms with Crippen molar-refractivity contribution in [2.75, 3.05) is 0 Å². The number of alkyl halides is 3. The van der Waals surface area contributed by atoms with E-state index in [0.717, 1.165) is 11.1 Å². The third-order valence-corrected chi connectivity index (χ3v) is 3.78. The average Bonchev–Trinajstić information content (AvgIpc) is 2.89. The summed E-state index contributed by atoms with van der Waals surface area (Å²) in [6.45, 7) is 0.521. The Morgan fingerprint density at radius 3 is 2.09 bits per heavy atom. The van der Waals surface area contributed by atoms with Crippen LogP contribution in [0.25, 0.3) is 0 Å². The molecule has 0 atom stereocenters. The molecule has 0 fully saturated rings. The zero-order valence-electron chi connectivity index (χ0n) is 11.8. The molecular formula is C16H12F3NO3. The highest BCUT2D eigenvalue weighted by molar-refractivity contribution is 5.97. The molecular weight excluding hydrogens is 311 g/mol. The van der Waals surface area contributed by atoms with Crippen LogP contribution >= 0.6 is 0 Å². The lowest BCUT2D eigenvalue weighted by molar-refractivity contribution is -0.138. The average molecular weight is 323 g/mol. The highest BCUT2D eigenvalue weighted by Crippen LogP contribution is 2.39. The van der Waals surface area contributed by atoms with Gasteiger partial charge in [-0.15, -0.1) is 0 Å². The van der Waals surface area contributed by atoms with Crippen molar-refractivity contribution in [1.82, 2.24) is 4.90 Å². The second-order valence-corrected chi connectivity index (χ2v) is 5.31. The summed E-state index contributed by atoms with van der Waals surface area (Å²) < 4.78 is 38.5. The number of amides is 1. The Morgan fingerprint density at radius 1 is 1.00 bits per heavy atom. The van der Waals surface area contributed by atoms with E-state index in [1.54, 1.807) is 0 Å². The fourth-order valence-electron chi connectivity index (χ4n) is 2.62. The predicted octanol–water partition coefficient (Wildman–Crippen LogP) is 3.27. The van der Waals surface area contributed by atoms with Crippen LogP contribution in [-0.4, -0.2) is 21.0 Å². The number of phenols is 2. The molecule has 0 aromatic heterocycles. The molecule has 7 heteroatoms. The van der Waals surface area contributed by atoms with Crippen LogP contribution in [-0.2, 0) is 19.3 Å². The molecule has 0 unspecified atom stereocenters. The Kier molecular flexibility index (Phi) is 3.43. The van der Waals surface area contributed by atoms with Gasteiger partial charge in [0.15, 0.2) is 0 Å². The maximum atomic E-state index is 12.8. The van der Waals surface area contributed by atoms with Crippen LogP contribution in [0.1, 0.15) is 27.0 Å². The van der Waals surface area contributed by atoms with Gasteiger partial charge in [0, 0.05) is 19.2 Å². The van der Waals surface area contributed by atoms with Crippen LogP contribution in [0, 0.1) is 0 Å². The number of fused-ring (bicyclic) bond motifs is 1. The number of nitrogens with zero attached hydrogens (tertiary/aromatic N) is 1. The number of carbonyl (C=O) groups excluding carboxylic acids is 1. The number of carbonyl (C=O) groups is 1. The quantitative estimate of drug-likeness (QED) is 0.847. The predicted molar refractivity (Wildman–Crippen MR) is 74.8 cm³/mol. The van der Waals surface area contributed by atoms with Crippen molar-refractivity contribution in [2.24, 2.45) is 0 Å². The van der Waals surface area contributed by atoms with Gasteiger partial charge in [0.2, 0.25) is 0 Å². The maximum Gasteiger partial charge on any atom is 0.419 e. The molecule has 4 nitrogen and oxygen atoms in total. The third kappa shape index (κ3) is 2.69. The highest BCUT2D eigenvalue weighted by atomic mass is 19.4. The van der Waals surface area contributed by atoms with Crippen LogP contribution in [0.4, 0.5) is 13.2 Å². The summed E-state index contributed by atoms with van der Waals surface area (Å²) in [5.41, 5.74) is -0.0105. The van der Waals surface area contributed by atoms with Crippen molar-refractivity contribution in [2.45, 2.75) is 19.3 Å². The second-order valence-electron chi connectivity index (χ2n) is 5.31. The van der Waals surface area contributed by atoms with E-state index in [-0.39, 0.29) is 13.1 Å². The molecule has 0 spiro atoms. The van der Waals surface area contributed by atoms with Crippen molar-refractivity contribution < 1.29 is 28.2 Å². The van der Waals surface area contributed by atoms with Crippen molar-refractivity contribution in [1.29, 1.82) is 0 Å². The molecule has 1 heterocycles. The number of halogens is 3. The molecule has 1 aliphatic heterocycles. The molecule has 0 bridgehead atoms. The zero-order chi connectivity index (χ0) is 16.8. The minimum atomic E-state index is -4.82. The molecule has 2 aromatic carbocycles. The summed E-state index contributed by atoms with van der Waals surface area (Å²) in [4.78, 5) is 13.8. The van der Waals surface area contributed by atoms with Gasteiger partial charge in [-0.1, -0.05) is 24.3 Å². The normalized spacial score (nSPS) is 14.0. The topological polar surface area (TPSA) is 60.8 Å². The number of benzene rings is 2. The smallest absolute Gasteiger partial charge is 0.419 e. The highest BCUT2D eigenvalue weighted by Gasteiger charge is 2.36. The molecule has 3 rings (SSSR count). The summed E-state index contributed by atoms with van der Waals surface area (Å²) in [5.74, 6) is -2.52. The number of hydrogen-bond donors (Lipinski definition) is 2. The molecule has 0 aliphatic carbocycles. The van der Waals surface area contributed by atoms with Gasteiger partial charge in [0.25, 0.3) is 5.91 Å². The van der Waals surface area contributed by atoms with Crippen molar-refractivity contribution in [3.8, 4) is 11.5 Å². The number of hydrogen-bond acceptors (Lipinski definition) is 3. The minimum absolute atomic E-state index is 0.261. The van der Waals surface area contributed by atoms with E-state index < -0.39 is 34.7 Å². The molecule has 2 aromatic rings. The van der Waals surface area contributed by atoms with E-state index in [1.165, 1.54) is 4.90 Å². The lowest BCUT2D eigenvalue weighted by Gasteiger charge is -2.18. The molecule has 0 saturated heterocycles. The summed E-state index contributed by atoms with van der Waals surface area (Å²) in [5, 5.41) is 19.1. The minimum Gasteiger partial charge on any atom is -0.507 e. The van der Waals surface area contributed by atoms with E-state index in [2.05, 4.69) is 0 Å². The zero-order valence-corrected chi connectivity index (χ0v) is 11.8. The largest absolute Gasteiger partial charge is 0.507 e. The summed E-state index contributed by atoms with van der Waals surface area (Å²) in [7, 11) is 0. The van der Waals surface area contributed by atoms with Crippen LogP contribution < -0.4 is 0 Å². The van der Waals surface area contributed by atoms with Gasteiger partial charge >= 0.3 is 6.18 Å². The Labute approximate surface area is 129 Å². The van der Waals surface area contributed by atoms with Crippen LogP contribution in [0.15, 0.2) is 36.4 Å². The van der Waals surface area contributed by atoms with Gasteiger partial charge in [0.05, 0.1) is 11.1 Å². The second kappa shape index (κ2) is 5.19. The first-order valence-corrected chi connectivity index (χ1v) is 6.76. The van der Waals surface area contributed by atoms with Gasteiger partial charge in [-0.3, -0.25) is 4.79 Å². The van der Waals surface area contributed by atoms with Gasteiger partial charge < -0.3 is 15.1 Å². The SMILES string of the molecule is O=C(c1cc(C(F)(F)F)c(O)cc1O)N1Cc2ccccc2C1. The maximum absolute atomic E-state index is 12.8.